The van der Waals surface area contributed by atoms with Crippen molar-refractivity contribution in [3.63, 3.8) is 0 Å². The van der Waals surface area contributed by atoms with Crippen LogP contribution in [0, 0.1) is 0 Å². The Kier molecular flexibility index (Phi) is 7.50. The van der Waals surface area contributed by atoms with Gasteiger partial charge in [0, 0.05) is 12.2 Å². The molecule has 2 amide bonds. The van der Waals surface area contributed by atoms with E-state index in [4.69, 9.17) is 9.15 Å². The van der Waals surface area contributed by atoms with Crippen molar-refractivity contribution in [1.29, 1.82) is 0 Å². The van der Waals surface area contributed by atoms with Crippen LogP contribution < -0.4 is 5.32 Å². The van der Waals surface area contributed by atoms with E-state index < -0.39 is 17.8 Å². The van der Waals surface area contributed by atoms with E-state index in [-0.39, 0.29) is 24.0 Å². The zero-order valence-corrected chi connectivity index (χ0v) is 17.5. The molecule has 0 unspecified atom stereocenters. The summed E-state index contributed by atoms with van der Waals surface area (Å²) in [6.07, 6.45) is 3.09. The van der Waals surface area contributed by atoms with E-state index in [1.807, 2.05) is 0 Å². The fourth-order valence-electron chi connectivity index (χ4n) is 2.69. The average Bonchev–Trinajstić information content (AvgIpc) is 3.42. The molecule has 31 heavy (non-hydrogen) atoms. The maximum Gasteiger partial charge on any atom is 0.338 e. The molecule has 1 N–H and O–H groups in total. The zero-order chi connectivity index (χ0) is 22.2. The number of furan rings is 1. The molecule has 1 fully saturated rings. The van der Waals surface area contributed by atoms with Crippen molar-refractivity contribution in [3.8, 4) is 0 Å². The molecule has 1 aromatic heterocycles. The van der Waals surface area contributed by atoms with Gasteiger partial charge in [0.15, 0.2) is 5.76 Å². The molecule has 0 saturated carbocycles. The molecule has 10 heteroatoms. The number of benzene rings is 1. The Morgan fingerprint density at radius 2 is 2.00 bits per heavy atom. The Bertz CT molecular complexity index is 984. The summed E-state index contributed by atoms with van der Waals surface area (Å²) in [5, 5.41) is 3.18. The van der Waals surface area contributed by atoms with Crippen LogP contribution in [0.3, 0.4) is 0 Å². The van der Waals surface area contributed by atoms with Gasteiger partial charge >= 0.3 is 11.9 Å². The van der Waals surface area contributed by atoms with E-state index >= 15 is 0 Å². The molecule has 3 rings (SSSR count). The van der Waals surface area contributed by atoms with Crippen molar-refractivity contribution in [2.45, 2.75) is 6.42 Å². The van der Waals surface area contributed by atoms with E-state index in [2.05, 4.69) is 10.1 Å². The molecule has 2 aromatic rings. The Balaban J connectivity index is 1.45. The molecule has 0 radical (unpaired) electrons. The fraction of sp³-hybridized carbons (Fsp3) is 0.238. The first-order chi connectivity index (χ1) is 15.0. The first-order valence-electron chi connectivity index (χ1n) is 9.33. The van der Waals surface area contributed by atoms with Crippen molar-refractivity contribution in [2.24, 2.45) is 0 Å². The topological polar surface area (TPSA) is 115 Å². The highest BCUT2D eigenvalue weighted by Crippen LogP contribution is 2.28. The minimum Gasteiger partial charge on any atom is -0.466 e. The molecule has 1 aliphatic rings. The van der Waals surface area contributed by atoms with Gasteiger partial charge in [-0.25, -0.2) is 9.59 Å². The summed E-state index contributed by atoms with van der Waals surface area (Å²) in [5.74, 6) is -1.11. The number of anilines is 1. The van der Waals surface area contributed by atoms with Gasteiger partial charge in [-0.15, -0.1) is 0 Å². The van der Waals surface area contributed by atoms with E-state index in [9.17, 15) is 19.2 Å². The maximum atomic E-state index is 12.2. The molecular weight excluding hydrogens is 424 g/mol. The molecule has 1 aromatic carbocycles. The van der Waals surface area contributed by atoms with Crippen LogP contribution in [0.5, 0.6) is 0 Å². The van der Waals surface area contributed by atoms with Crippen LogP contribution in [-0.2, 0) is 19.1 Å². The highest BCUT2D eigenvalue weighted by molar-refractivity contribution is 8.04. The number of esters is 2. The number of methoxy groups -OCH3 is 1. The molecule has 0 spiro atoms. The van der Waals surface area contributed by atoms with Gasteiger partial charge in [0.1, 0.15) is 0 Å². The Morgan fingerprint density at radius 1 is 1.23 bits per heavy atom. The SMILES string of the molecule is COC(=O)/C=C1/SCC(=O)N1CCCOC(=O)c1ccc(NC(=O)c2ccco2)cc1. The van der Waals surface area contributed by atoms with Crippen LogP contribution in [0.1, 0.15) is 27.3 Å². The third-order valence-corrected chi connectivity index (χ3v) is 5.26. The fourth-order valence-corrected chi connectivity index (χ4v) is 3.65. The lowest BCUT2D eigenvalue weighted by Gasteiger charge is -2.16. The minimum absolute atomic E-state index is 0.107. The number of carbonyl (C=O) groups is 4. The second-order valence-corrected chi connectivity index (χ2v) is 7.33. The van der Waals surface area contributed by atoms with Gasteiger partial charge in [-0.05, 0) is 42.8 Å². The summed E-state index contributed by atoms with van der Waals surface area (Å²) >= 11 is 1.26. The van der Waals surface area contributed by atoms with Gasteiger partial charge < -0.3 is 24.1 Å². The molecule has 162 valence electrons. The molecule has 0 bridgehead atoms. The Morgan fingerprint density at radius 3 is 2.68 bits per heavy atom. The van der Waals surface area contributed by atoms with Crippen LogP contribution in [0.15, 0.2) is 58.2 Å². The van der Waals surface area contributed by atoms with Gasteiger partial charge in [-0.2, -0.15) is 0 Å². The van der Waals surface area contributed by atoms with Crippen molar-refractivity contribution in [2.75, 3.05) is 31.3 Å². The van der Waals surface area contributed by atoms with Gasteiger partial charge in [0.2, 0.25) is 5.91 Å². The van der Waals surface area contributed by atoms with Crippen LogP contribution in [-0.4, -0.2) is 54.7 Å². The number of thioether (sulfide) groups is 1. The third-order valence-electron chi connectivity index (χ3n) is 4.24. The number of rotatable bonds is 8. The van der Waals surface area contributed by atoms with E-state index in [1.54, 1.807) is 24.3 Å². The lowest BCUT2D eigenvalue weighted by molar-refractivity contribution is -0.134. The van der Waals surface area contributed by atoms with Crippen molar-refractivity contribution in [3.05, 3.63) is 65.1 Å². The average molecular weight is 444 g/mol. The number of hydrogen-bond donors (Lipinski definition) is 1. The molecule has 2 heterocycles. The van der Waals surface area contributed by atoms with Gasteiger partial charge in [-0.1, -0.05) is 11.8 Å². The second kappa shape index (κ2) is 10.5. The highest BCUT2D eigenvalue weighted by Gasteiger charge is 2.27. The van der Waals surface area contributed by atoms with E-state index in [1.165, 1.54) is 48.2 Å². The number of ether oxygens (including phenoxy) is 2. The van der Waals surface area contributed by atoms with Crippen LogP contribution in [0.2, 0.25) is 0 Å². The van der Waals surface area contributed by atoms with Crippen LogP contribution in [0.25, 0.3) is 0 Å². The molecule has 0 aliphatic carbocycles. The minimum atomic E-state index is -0.530. The normalized spacial score (nSPS) is 14.5. The van der Waals surface area contributed by atoms with Crippen LogP contribution in [0.4, 0.5) is 5.69 Å². The lowest BCUT2D eigenvalue weighted by Crippen LogP contribution is -2.27. The molecular formula is C21H20N2O7S. The first kappa shape index (κ1) is 22.2. The summed E-state index contributed by atoms with van der Waals surface area (Å²) in [5.41, 5.74) is 0.836. The third kappa shape index (κ3) is 5.98. The molecule has 0 atom stereocenters. The van der Waals surface area contributed by atoms with E-state index in [0.717, 1.165) is 0 Å². The Labute approximate surface area is 182 Å². The largest absolute Gasteiger partial charge is 0.466 e. The maximum absolute atomic E-state index is 12.2. The predicted molar refractivity (Wildman–Crippen MR) is 112 cm³/mol. The smallest absolute Gasteiger partial charge is 0.338 e. The second-order valence-electron chi connectivity index (χ2n) is 6.34. The number of amides is 2. The standard InChI is InChI=1S/C21H20N2O7S/c1-28-19(25)12-18-23(17(24)13-31-18)9-3-11-30-21(27)14-5-7-15(8-6-14)22-20(26)16-4-2-10-29-16/h2,4-8,10,12H,3,9,11,13H2,1H3,(H,22,26)/b18-12+. The lowest BCUT2D eigenvalue weighted by atomic mass is 10.2. The van der Waals surface area contributed by atoms with Crippen molar-refractivity contribution in [1.82, 2.24) is 4.90 Å². The zero-order valence-electron chi connectivity index (χ0n) is 16.7. The summed E-state index contributed by atoms with van der Waals surface area (Å²) in [6.45, 7) is 0.426. The predicted octanol–water partition coefficient (Wildman–Crippen LogP) is 2.67. The van der Waals surface area contributed by atoms with Crippen LogP contribution >= 0.6 is 11.8 Å². The first-order valence-corrected chi connectivity index (χ1v) is 10.3. The molecule has 1 aliphatic heterocycles. The monoisotopic (exact) mass is 444 g/mol. The number of hydrogen-bond acceptors (Lipinski definition) is 8. The van der Waals surface area contributed by atoms with Gasteiger partial charge in [0.25, 0.3) is 5.91 Å². The van der Waals surface area contributed by atoms with Gasteiger partial charge in [0.05, 0.1) is 42.4 Å². The van der Waals surface area contributed by atoms with Gasteiger partial charge in [-0.3, -0.25) is 9.59 Å². The quantitative estimate of drug-likeness (QED) is 0.375. The summed E-state index contributed by atoms with van der Waals surface area (Å²) in [7, 11) is 1.27. The Hall–Kier alpha value is -3.53. The summed E-state index contributed by atoms with van der Waals surface area (Å²) in [6, 6.07) is 9.41. The highest BCUT2D eigenvalue weighted by atomic mass is 32.2. The number of nitrogens with one attached hydrogen (secondary N) is 1. The summed E-state index contributed by atoms with van der Waals surface area (Å²) in [4.78, 5) is 49.0. The summed E-state index contributed by atoms with van der Waals surface area (Å²) < 4.78 is 14.9. The number of carbonyl (C=O) groups excluding carboxylic acids is 4. The molecule has 1 saturated heterocycles. The van der Waals surface area contributed by atoms with Crippen molar-refractivity contribution < 1.29 is 33.1 Å². The molecule has 9 nitrogen and oxygen atoms in total. The van der Waals surface area contributed by atoms with Crippen molar-refractivity contribution >= 4 is 41.2 Å². The number of nitrogens with zero attached hydrogens (tertiary/aromatic N) is 1. The van der Waals surface area contributed by atoms with E-state index in [0.29, 0.717) is 29.2 Å².